The monoisotopic (exact) mass is 480 g/mol. The van der Waals surface area contributed by atoms with Gasteiger partial charge in [0.05, 0.1) is 4.90 Å². The molecule has 6 nitrogen and oxygen atoms in total. The number of anilines is 1. The normalized spacial score (nSPS) is 15.0. The Balaban J connectivity index is 1.27. The minimum Gasteiger partial charge on any atom is -0.352 e. The molecule has 5 aromatic rings. The highest BCUT2D eigenvalue weighted by molar-refractivity contribution is 7.89. The summed E-state index contributed by atoms with van der Waals surface area (Å²) >= 11 is 0. The molecule has 174 valence electrons. The van der Waals surface area contributed by atoms with Crippen LogP contribution in [0.2, 0.25) is 0 Å². The Kier molecular flexibility index (Phi) is 5.43. The average molecular weight is 481 g/mol. The third-order valence-corrected chi connectivity index (χ3v) is 8.51. The zero-order chi connectivity index (χ0) is 23.8. The largest absolute Gasteiger partial charge is 0.352 e. The number of piperazine rings is 1. The van der Waals surface area contributed by atoms with Crippen LogP contribution in [0.4, 0.5) is 5.82 Å². The summed E-state index contributed by atoms with van der Waals surface area (Å²) in [6.07, 6.45) is 0. The molecule has 7 heteroatoms. The standard InChI is InChI=1S/C28H24N4O2S/c33-35(34,24-15-14-21-8-4-5-11-23(21)20-24)32-18-16-31(17-19-32)28-26-13-7-6-12-25(26)27(29-30-28)22-9-2-1-3-10-22/h1-15,20H,16-19H2. The van der Waals surface area contributed by atoms with Gasteiger partial charge in [-0.3, -0.25) is 0 Å². The highest BCUT2D eigenvalue weighted by Crippen LogP contribution is 2.32. The fourth-order valence-electron chi connectivity index (χ4n) is 4.75. The van der Waals surface area contributed by atoms with Crippen LogP contribution in [0.25, 0.3) is 32.8 Å². The summed E-state index contributed by atoms with van der Waals surface area (Å²) < 4.78 is 28.3. The van der Waals surface area contributed by atoms with Crippen LogP contribution in [0, 0.1) is 0 Å². The number of aromatic nitrogens is 2. The highest BCUT2D eigenvalue weighted by atomic mass is 32.2. The van der Waals surface area contributed by atoms with E-state index in [-0.39, 0.29) is 0 Å². The molecule has 0 atom stereocenters. The van der Waals surface area contributed by atoms with Crippen molar-refractivity contribution in [2.45, 2.75) is 4.90 Å². The molecule has 2 heterocycles. The van der Waals surface area contributed by atoms with Crippen molar-refractivity contribution >= 4 is 37.4 Å². The number of hydrogen-bond donors (Lipinski definition) is 0. The van der Waals surface area contributed by atoms with Gasteiger partial charge in [-0.2, -0.15) is 4.31 Å². The molecule has 1 aliphatic heterocycles. The second-order valence-corrected chi connectivity index (χ2v) is 10.6. The second kappa shape index (κ2) is 8.76. The molecule has 0 N–H and O–H groups in total. The van der Waals surface area contributed by atoms with Crippen molar-refractivity contribution in [3.8, 4) is 11.3 Å². The SMILES string of the molecule is O=S(=O)(c1ccc2ccccc2c1)N1CCN(c2nnc(-c3ccccc3)c3ccccc23)CC1. The fraction of sp³-hybridized carbons (Fsp3) is 0.143. The van der Waals surface area contributed by atoms with Gasteiger partial charge in [0.25, 0.3) is 0 Å². The summed E-state index contributed by atoms with van der Waals surface area (Å²) in [6, 6.07) is 31.3. The van der Waals surface area contributed by atoms with Crippen LogP contribution < -0.4 is 4.90 Å². The predicted molar refractivity (Wildman–Crippen MR) is 140 cm³/mol. The van der Waals surface area contributed by atoms with Gasteiger partial charge in [0.2, 0.25) is 10.0 Å². The molecule has 1 aliphatic rings. The van der Waals surface area contributed by atoms with E-state index >= 15 is 0 Å². The lowest BCUT2D eigenvalue weighted by molar-refractivity contribution is 0.384. The Morgan fingerprint density at radius 2 is 1.29 bits per heavy atom. The van der Waals surface area contributed by atoms with Crippen molar-refractivity contribution in [2.24, 2.45) is 0 Å². The lowest BCUT2D eigenvalue weighted by Crippen LogP contribution is -2.49. The van der Waals surface area contributed by atoms with Crippen molar-refractivity contribution in [3.05, 3.63) is 97.1 Å². The number of rotatable bonds is 4. The third-order valence-electron chi connectivity index (χ3n) is 6.61. The van der Waals surface area contributed by atoms with E-state index in [1.54, 1.807) is 16.4 Å². The number of fused-ring (bicyclic) bond motifs is 2. The molecule has 1 aromatic heterocycles. The lowest BCUT2D eigenvalue weighted by atomic mass is 10.0. The van der Waals surface area contributed by atoms with Gasteiger partial charge in [0, 0.05) is 42.5 Å². The van der Waals surface area contributed by atoms with Crippen molar-refractivity contribution in [3.63, 3.8) is 0 Å². The number of sulfonamides is 1. The van der Waals surface area contributed by atoms with Crippen LogP contribution in [0.15, 0.2) is 102 Å². The molecule has 0 bridgehead atoms. The van der Waals surface area contributed by atoms with Crippen LogP contribution in [0.3, 0.4) is 0 Å². The second-order valence-electron chi connectivity index (χ2n) is 8.68. The summed E-state index contributed by atoms with van der Waals surface area (Å²) in [5.41, 5.74) is 1.87. The first-order valence-electron chi connectivity index (χ1n) is 11.7. The molecule has 0 radical (unpaired) electrons. The Labute approximate surface area is 204 Å². The van der Waals surface area contributed by atoms with Gasteiger partial charge >= 0.3 is 0 Å². The Hall–Kier alpha value is -3.81. The van der Waals surface area contributed by atoms with E-state index in [1.165, 1.54) is 0 Å². The maximum atomic E-state index is 13.4. The third kappa shape index (κ3) is 3.92. The summed E-state index contributed by atoms with van der Waals surface area (Å²) in [6.45, 7) is 1.89. The van der Waals surface area contributed by atoms with Crippen LogP contribution >= 0.6 is 0 Å². The molecule has 1 fully saturated rings. The van der Waals surface area contributed by atoms with Crippen molar-refractivity contribution in [2.75, 3.05) is 31.1 Å². The van der Waals surface area contributed by atoms with E-state index in [1.807, 2.05) is 72.8 Å². The van der Waals surface area contributed by atoms with Crippen molar-refractivity contribution < 1.29 is 8.42 Å². The number of hydrogen-bond acceptors (Lipinski definition) is 5. The molecular weight excluding hydrogens is 456 g/mol. The van der Waals surface area contributed by atoms with Gasteiger partial charge in [0.15, 0.2) is 5.82 Å². The van der Waals surface area contributed by atoms with Crippen LogP contribution in [0.1, 0.15) is 0 Å². The first kappa shape index (κ1) is 21.7. The zero-order valence-corrected chi connectivity index (χ0v) is 19.9. The summed E-state index contributed by atoms with van der Waals surface area (Å²) in [4.78, 5) is 2.47. The van der Waals surface area contributed by atoms with Gasteiger partial charge in [-0.15, -0.1) is 10.2 Å². The zero-order valence-electron chi connectivity index (χ0n) is 19.1. The quantitative estimate of drug-likeness (QED) is 0.364. The molecule has 6 rings (SSSR count). The van der Waals surface area contributed by atoms with E-state index in [0.29, 0.717) is 31.1 Å². The first-order valence-corrected chi connectivity index (χ1v) is 13.1. The van der Waals surface area contributed by atoms with Crippen molar-refractivity contribution in [1.82, 2.24) is 14.5 Å². The van der Waals surface area contributed by atoms with E-state index in [2.05, 4.69) is 27.2 Å². The minimum absolute atomic E-state index is 0.335. The van der Waals surface area contributed by atoms with Gasteiger partial charge in [0.1, 0.15) is 5.69 Å². The molecular formula is C28H24N4O2S. The van der Waals surface area contributed by atoms with Gasteiger partial charge in [-0.05, 0) is 22.9 Å². The maximum Gasteiger partial charge on any atom is 0.243 e. The van der Waals surface area contributed by atoms with E-state index in [4.69, 9.17) is 0 Å². The number of nitrogens with zero attached hydrogens (tertiary/aromatic N) is 4. The van der Waals surface area contributed by atoms with E-state index in [0.717, 1.165) is 38.6 Å². The predicted octanol–water partition coefficient (Wildman–Crippen LogP) is 4.96. The highest BCUT2D eigenvalue weighted by Gasteiger charge is 2.30. The van der Waals surface area contributed by atoms with E-state index in [9.17, 15) is 8.42 Å². The molecule has 0 spiro atoms. The van der Waals surface area contributed by atoms with Crippen LogP contribution in [-0.2, 0) is 10.0 Å². The van der Waals surface area contributed by atoms with Crippen molar-refractivity contribution in [1.29, 1.82) is 0 Å². The maximum absolute atomic E-state index is 13.4. The Morgan fingerprint density at radius 1 is 0.629 bits per heavy atom. The van der Waals surface area contributed by atoms with Crippen LogP contribution in [0.5, 0.6) is 0 Å². The minimum atomic E-state index is -3.57. The fourth-order valence-corrected chi connectivity index (χ4v) is 6.21. The van der Waals surface area contributed by atoms with Gasteiger partial charge < -0.3 is 4.90 Å². The topological polar surface area (TPSA) is 66.4 Å². The van der Waals surface area contributed by atoms with Gasteiger partial charge in [-0.25, -0.2) is 8.42 Å². The lowest BCUT2D eigenvalue weighted by Gasteiger charge is -2.35. The summed E-state index contributed by atoms with van der Waals surface area (Å²) in [5.74, 6) is 0.794. The smallest absolute Gasteiger partial charge is 0.243 e. The Morgan fingerprint density at radius 3 is 2.06 bits per heavy atom. The first-order chi connectivity index (χ1) is 17.1. The molecule has 0 saturated carbocycles. The van der Waals surface area contributed by atoms with E-state index < -0.39 is 10.0 Å². The average Bonchev–Trinajstić information content (AvgIpc) is 2.93. The molecule has 0 aliphatic carbocycles. The number of benzene rings is 4. The summed E-state index contributed by atoms with van der Waals surface area (Å²) in [7, 11) is -3.57. The molecule has 0 amide bonds. The molecule has 4 aromatic carbocycles. The van der Waals surface area contributed by atoms with Gasteiger partial charge in [-0.1, -0.05) is 84.9 Å². The molecule has 0 unspecified atom stereocenters. The van der Waals surface area contributed by atoms with Crippen LogP contribution in [-0.4, -0.2) is 49.1 Å². The molecule has 35 heavy (non-hydrogen) atoms. The molecule has 1 saturated heterocycles. The summed E-state index contributed by atoms with van der Waals surface area (Å²) in [5, 5.41) is 13.2. The Bertz CT molecular complexity index is 1630.